The number of amides is 3. The highest BCUT2D eigenvalue weighted by atomic mass is 16.5. The minimum Gasteiger partial charge on any atom is -0.480 e. The molecule has 2 aromatic carbocycles. The van der Waals surface area contributed by atoms with Crippen LogP contribution in [0.1, 0.15) is 79.0 Å². The molecule has 0 saturated heterocycles. The quantitative estimate of drug-likeness (QED) is 0.154. The molecule has 0 aromatic heterocycles. The Hall–Kier alpha value is -4.69. The van der Waals surface area contributed by atoms with Crippen LogP contribution in [-0.4, -0.2) is 62.1 Å². The Morgan fingerprint density at radius 1 is 0.867 bits per heavy atom. The van der Waals surface area contributed by atoms with Gasteiger partial charge in [0.15, 0.2) is 0 Å². The Morgan fingerprint density at radius 3 is 1.69 bits per heavy atom. The van der Waals surface area contributed by atoms with E-state index in [0.717, 1.165) is 0 Å². The molecule has 0 bridgehead atoms. The van der Waals surface area contributed by atoms with Gasteiger partial charge in [-0.2, -0.15) is 0 Å². The summed E-state index contributed by atoms with van der Waals surface area (Å²) in [5, 5.41) is 15.4. The van der Waals surface area contributed by atoms with Crippen molar-refractivity contribution in [2.24, 2.45) is 0 Å². The number of ether oxygens (including phenoxy) is 2. The summed E-state index contributed by atoms with van der Waals surface area (Å²) in [5.74, 6) is -2.62. The standard InChI is InChI=1S/C13H15N3O5.C8H10O.C4H8O2.C3H8.2C2H6.C2H2/c17-8-14-6-10(18)16-12(9-4-2-1-3-5-9)13(21)15-7-11(19)20;1-9-7-8-5-3-2-4-6-8;1-3-6-4(2)5;1-3-2;3*1-2/h1-5,8,12H,6-7H2,(H,14,17)(H,15,21)(H,16,18)(H,19,20);2-6H,7H2,1H3;3H2,1-2H3;3H2,1-2H3;2*1-2H3;1-2H/t12-;;;;;;/m0....../s1. The molecule has 0 fully saturated rings. The van der Waals surface area contributed by atoms with Gasteiger partial charge in [0.05, 0.1) is 19.8 Å². The van der Waals surface area contributed by atoms with E-state index < -0.39 is 30.4 Å². The average Bonchev–Trinajstić information content (AvgIpc) is 3.06. The van der Waals surface area contributed by atoms with Crippen LogP contribution in [0.3, 0.4) is 0 Å². The van der Waals surface area contributed by atoms with Gasteiger partial charge in [0.25, 0.3) is 0 Å². The van der Waals surface area contributed by atoms with Gasteiger partial charge in [-0.15, -0.1) is 12.8 Å². The Balaban J connectivity index is -0.000000183. The highest BCUT2D eigenvalue weighted by Crippen LogP contribution is 2.12. The van der Waals surface area contributed by atoms with E-state index in [-0.39, 0.29) is 12.5 Å². The number of carboxylic acids is 1. The molecule has 0 aliphatic carbocycles. The number of rotatable bonds is 11. The maximum absolute atomic E-state index is 12.0. The van der Waals surface area contributed by atoms with Gasteiger partial charge in [0, 0.05) is 14.0 Å². The van der Waals surface area contributed by atoms with Gasteiger partial charge in [-0.25, -0.2) is 0 Å². The number of nitrogens with one attached hydrogen (secondary N) is 3. The molecule has 0 saturated carbocycles. The first-order valence-corrected chi connectivity index (χ1v) is 14.7. The van der Waals surface area contributed by atoms with Crippen molar-refractivity contribution in [2.75, 3.05) is 26.8 Å². The summed E-state index contributed by atoms with van der Waals surface area (Å²) in [7, 11) is 1.70. The molecule has 4 N–H and O–H groups in total. The maximum atomic E-state index is 12.0. The lowest BCUT2D eigenvalue weighted by Gasteiger charge is -2.18. The predicted molar refractivity (Wildman–Crippen MR) is 180 cm³/mol. The van der Waals surface area contributed by atoms with Crippen LogP contribution in [0.2, 0.25) is 0 Å². The zero-order valence-corrected chi connectivity index (χ0v) is 28.4. The molecule has 11 nitrogen and oxygen atoms in total. The van der Waals surface area contributed by atoms with Crippen molar-refractivity contribution in [2.45, 2.75) is 74.5 Å². The number of carbonyl (C=O) groups is 5. The van der Waals surface area contributed by atoms with Crippen molar-refractivity contribution in [1.82, 2.24) is 16.0 Å². The van der Waals surface area contributed by atoms with Gasteiger partial charge >= 0.3 is 11.9 Å². The topological polar surface area (TPSA) is 160 Å². The van der Waals surface area contributed by atoms with Crippen LogP contribution in [0.4, 0.5) is 0 Å². The Morgan fingerprint density at radius 2 is 1.33 bits per heavy atom. The summed E-state index contributed by atoms with van der Waals surface area (Å²) in [6.07, 6.45) is 9.61. The van der Waals surface area contributed by atoms with Gasteiger partial charge in [-0.05, 0) is 18.1 Å². The molecule has 0 spiro atoms. The van der Waals surface area contributed by atoms with Gasteiger partial charge in [-0.3, -0.25) is 24.0 Å². The van der Waals surface area contributed by atoms with Crippen molar-refractivity contribution in [3.63, 3.8) is 0 Å². The summed E-state index contributed by atoms with van der Waals surface area (Å²) in [6.45, 7) is 15.8. The fraction of sp³-hybridized carbons (Fsp3) is 0.441. The molecule has 3 amide bonds. The molecule has 0 radical (unpaired) electrons. The predicted octanol–water partition coefficient (Wildman–Crippen LogP) is 4.91. The number of carboxylic acid groups (broad SMARTS) is 1. The van der Waals surface area contributed by atoms with E-state index in [1.165, 1.54) is 18.9 Å². The van der Waals surface area contributed by atoms with E-state index in [0.29, 0.717) is 25.2 Å². The van der Waals surface area contributed by atoms with E-state index in [2.05, 4.69) is 47.4 Å². The van der Waals surface area contributed by atoms with Crippen LogP contribution in [0.15, 0.2) is 60.7 Å². The molecule has 1 atom stereocenters. The molecular formula is C34H55N3O8. The first-order valence-electron chi connectivity index (χ1n) is 14.7. The van der Waals surface area contributed by atoms with Crippen molar-refractivity contribution in [3.05, 3.63) is 71.8 Å². The van der Waals surface area contributed by atoms with Crippen LogP contribution in [0.5, 0.6) is 0 Å². The number of carbonyl (C=O) groups excluding carboxylic acids is 4. The third kappa shape index (κ3) is 37.3. The smallest absolute Gasteiger partial charge is 0.322 e. The van der Waals surface area contributed by atoms with Crippen LogP contribution < -0.4 is 16.0 Å². The molecule has 0 aliphatic heterocycles. The van der Waals surface area contributed by atoms with E-state index in [4.69, 9.17) is 9.84 Å². The summed E-state index contributed by atoms with van der Waals surface area (Å²) in [5.41, 5.74) is 1.72. The second-order valence-electron chi connectivity index (χ2n) is 7.57. The fourth-order valence-electron chi connectivity index (χ4n) is 2.50. The van der Waals surface area contributed by atoms with Gasteiger partial charge in [0.2, 0.25) is 18.2 Å². The highest BCUT2D eigenvalue weighted by Gasteiger charge is 2.22. The van der Waals surface area contributed by atoms with E-state index in [9.17, 15) is 24.0 Å². The minimum absolute atomic E-state index is 0.211. The van der Waals surface area contributed by atoms with Crippen LogP contribution in [0.25, 0.3) is 0 Å². The van der Waals surface area contributed by atoms with Crippen molar-refractivity contribution >= 4 is 30.2 Å². The minimum atomic E-state index is -1.19. The lowest BCUT2D eigenvalue weighted by atomic mass is 10.1. The number of methoxy groups -OCH3 is 1. The molecule has 0 unspecified atom stereocenters. The second kappa shape index (κ2) is 41.4. The van der Waals surface area contributed by atoms with Gasteiger partial charge in [0.1, 0.15) is 12.6 Å². The maximum Gasteiger partial charge on any atom is 0.322 e. The van der Waals surface area contributed by atoms with Crippen molar-refractivity contribution in [1.29, 1.82) is 0 Å². The number of aliphatic carboxylic acids is 1. The monoisotopic (exact) mass is 633 g/mol. The lowest BCUT2D eigenvalue weighted by molar-refractivity contribution is -0.140. The molecule has 0 heterocycles. The SMILES string of the molecule is C#C.CC.CC.CCC.CCOC(C)=O.COCc1ccccc1.O=CNCC(=O)N[C@H](C(=O)NCC(=O)O)c1ccccc1. The lowest BCUT2D eigenvalue weighted by Crippen LogP contribution is -2.44. The Labute approximate surface area is 270 Å². The summed E-state index contributed by atoms with van der Waals surface area (Å²) in [6, 6.07) is 17.4. The summed E-state index contributed by atoms with van der Waals surface area (Å²) < 4.78 is 9.33. The molecule has 0 aliphatic rings. The zero-order chi connectivity index (χ0) is 35.9. The van der Waals surface area contributed by atoms with Gasteiger partial charge in [-0.1, -0.05) is 109 Å². The largest absolute Gasteiger partial charge is 0.480 e. The number of benzene rings is 2. The van der Waals surface area contributed by atoms with Crippen LogP contribution in [0, 0.1) is 12.8 Å². The molecule has 2 rings (SSSR count). The third-order valence-electron chi connectivity index (χ3n) is 3.96. The number of esters is 1. The number of terminal acetylenes is 1. The molecule has 2 aromatic rings. The van der Waals surface area contributed by atoms with Crippen LogP contribution in [-0.2, 0) is 40.1 Å². The number of hydrogen-bond acceptors (Lipinski definition) is 7. The van der Waals surface area contributed by atoms with E-state index in [1.54, 1.807) is 44.4 Å². The third-order valence-corrected chi connectivity index (χ3v) is 3.96. The average molecular weight is 634 g/mol. The summed E-state index contributed by atoms with van der Waals surface area (Å²) >= 11 is 0. The van der Waals surface area contributed by atoms with E-state index >= 15 is 0 Å². The molecular weight excluding hydrogens is 578 g/mol. The van der Waals surface area contributed by atoms with Gasteiger partial charge < -0.3 is 30.5 Å². The zero-order valence-electron chi connectivity index (χ0n) is 28.4. The second-order valence-corrected chi connectivity index (χ2v) is 7.57. The van der Waals surface area contributed by atoms with E-state index in [1.807, 2.05) is 58.0 Å². The number of hydrogen-bond donors (Lipinski definition) is 4. The normalized spacial score (nSPS) is 8.78. The highest BCUT2D eigenvalue weighted by molar-refractivity contribution is 5.91. The Kier molecular flexibility index (Phi) is 46.0. The van der Waals surface area contributed by atoms with Crippen molar-refractivity contribution < 1.29 is 38.6 Å². The fourth-order valence-corrected chi connectivity index (χ4v) is 2.50. The van der Waals surface area contributed by atoms with Crippen LogP contribution >= 0.6 is 0 Å². The Bertz CT molecular complexity index is 985. The molecule has 254 valence electrons. The summed E-state index contributed by atoms with van der Waals surface area (Å²) in [4.78, 5) is 54.0. The first-order chi connectivity index (χ1) is 21.7. The molecule has 45 heavy (non-hydrogen) atoms. The first kappa shape index (κ1) is 50.0. The molecule has 11 heteroatoms. The van der Waals surface area contributed by atoms with Crippen molar-refractivity contribution in [3.8, 4) is 12.8 Å².